The number of aliphatic carboxylic acids is 1. The number of hydrogen-bond acceptors (Lipinski definition) is 4. The van der Waals surface area contributed by atoms with Gasteiger partial charge in [-0.1, -0.05) is 37.8 Å². The summed E-state index contributed by atoms with van der Waals surface area (Å²) in [6.07, 6.45) is 6.32. The first-order valence-corrected chi connectivity index (χ1v) is 11.4. The third kappa shape index (κ3) is 4.69. The molecule has 0 heterocycles. The number of carboxylic acid groups (broad SMARTS) is 1. The summed E-state index contributed by atoms with van der Waals surface area (Å²) in [5.74, 6) is -1.29. The normalized spacial score (nSPS) is 19.9. The van der Waals surface area contributed by atoms with Crippen molar-refractivity contribution in [2.45, 2.75) is 68.8 Å². The van der Waals surface area contributed by atoms with E-state index in [0.717, 1.165) is 38.5 Å². The molecule has 0 bridgehead atoms. The summed E-state index contributed by atoms with van der Waals surface area (Å²) in [6.45, 7) is 0. The second-order valence-electron chi connectivity index (χ2n) is 7.93. The van der Waals surface area contributed by atoms with Crippen LogP contribution < -0.4 is 5.32 Å². The van der Waals surface area contributed by atoms with Gasteiger partial charge >= 0.3 is 5.97 Å². The Hall–Kier alpha value is -1.89. The van der Waals surface area contributed by atoms with Gasteiger partial charge in [0.15, 0.2) is 9.84 Å². The molecule has 27 heavy (non-hydrogen) atoms. The van der Waals surface area contributed by atoms with E-state index in [1.165, 1.54) is 0 Å². The molecule has 2 fully saturated rings. The highest BCUT2D eigenvalue weighted by molar-refractivity contribution is 7.91. The first-order chi connectivity index (χ1) is 12.8. The molecule has 1 aromatic carbocycles. The summed E-state index contributed by atoms with van der Waals surface area (Å²) >= 11 is 0. The quantitative estimate of drug-likeness (QED) is 0.738. The first-order valence-electron chi connectivity index (χ1n) is 9.65. The van der Waals surface area contributed by atoms with Gasteiger partial charge in [-0.05, 0) is 43.4 Å². The Kier molecular flexibility index (Phi) is 5.89. The smallest absolute Gasteiger partial charge is 0.310 e. The number of carbonyl (C=O) groups is 2. The molecule has 6 nitrogen and oxygen atoms in total. The largest absolute Gasteiger partial charge is 0.481 e. The molecular formula is C20H27NO5S. The van der Waals surface area contributed by atoms with E-state index in [1.807, 2.05) is 0 Å². The number of anilines is 1. The first kappa shape index (κ1) is 19.9. The number of carbonyl (C=O) groups excluding carboxylic acids is 1. The Bertz CT molecular complexity index is 807. The van der Waals surface area contributed by atoms with E-state index in [-0.39, 0.29) is 23.3 Å². The standard InChI is InChI=1S/C20H27NO5S/c22-18(13-20(19(23)24)10-5-11-20)21-16-7-4-6-15(12-16)14-27(25,26)17-8-2-1-3-9-17/h4,6-7,12,17H,1-3,5,8-11,13-14H2,(H,21,22)(H,23,24). The van der Waals surface area contributed by atoms with E-state index in [4.69, 9.17) is 0 Å². The van der Waals surface area contributed by atoms with Crippen molar-refractivity contribution in [3.05, 3.63) is 29.8 Å². The lowest BCUT2D eigenvalue weighted by atomic mass is 9.66. The molecule has 1 amide bonds. The molecule has 0 unspecified atom stereocenters. The minimum atomic E-state index is -3.21. The third-order valence-corrected chi connectivity index (χ3v) is 8.12. The summed E-state index contributed by atoms with van der Waals surface area (Å²) in [5.41, 5.74) is 0.220. The van der Waals surface area contributed by atoms with Crippen molar-refractivity contribution >= 4 is 27.4 Å². The molecule has 1 aromatic rings. The highest BCUT2D eigenvalue weighted by Gasteiger charge is 2.45. The van der Waals surface area contributed by atoms with Crippen molar-refractivity contribution in [2.24, 2.45) is 5.41 Å². The van der Waals surface area contributed by atoms with E-state index >= 15 is 0 Å². The van der Waals surface area contributed by atoms with Gasteiger partial charge in [-0.2, -0.15) is 0 Å². The number of benzene rings is 1. The molecule has 2 N–H and O–H groups in total. The van der Waals surface area contributed by atoms with Crippen molar-refractivity contribution in [3.8, 4) is 0 Å². The summed E-state index contributed by atoms with van der Waals surface area (Å²) in [5, 5.41) is 11.8. The zero-order valence-electron chi connectivity index (χ0n) is 15.4. The van der Waals surface area contributed by atoms with Crippen molar-refractivity contribution in [1.29, 1.82) is 0 Å². The van der Waals surface area contributed by atoms with Crippen LogP contribution in [-0.2, 0) is 25.2 Å². The van der Waals surface area contributed by atoms with Crippen LogP contribution in [0.2, 0.25) is 0 Å². The highest BCUT2D eigenvalue weighted by atomic mass is 32.2. The van der Waals surface area contributed by atoms with Crippen molar-refractivity contribution in [3.63, 3.8) is 0 Å². The van der Waals surface area contributed by atoms with Gasteiger partial charge in [0.2, 0.25) is 5.91 Å². The SMILES string of the molecule is O=C(CC1(C(=O)O)CCC1)Nc1cccc(CS(=O)(=O)C2CCCCC2)c1. The fourth-order valence-corrected chi connectivity index (χ4v) is 6.03. The Morgan fingerprint density at radius 1 is 1.11 bits per heavy atom. The molecule has 0 saturated heterocycles. The van der Waals surface area contributed by atoms with Gasteiger partial charge in [0.1, 0.15) is 0 Å². The topological polar surface area (TPSA) is 101 Å². The second kappa shape index (κ2) is 8.00. The zero-order chi connectivity index (χ0) is 19.5. The molecular weight excluding hydrogens is 366 g/mol. The molecule has 0 atom stereocenters. The summed E-state index contributed by atoms with van der Waals surface area (Å²) < 4.78 is 25.3. The van der Waals surface area contributed by atoms with Crippen molar-refractivity contribution < 1.29 is 23.1 Å². The van der Waals surface area contributed by atoms with Crippen LogP contribution >= 0.6 is 0 Å². The summed E-state index contributed by atoms with van der Waals surface area (Å²) in [7, 11) is -3.21. The van der Waals surface area contributed by atoms with E-state index in [1.54, 1.807) is 24.3 Å². The average molecular weight is 394 g/mol. The lowest BCUT2D eigenvalue weighted by Crippen LogP contribution is -2.41. The second-order valence-corrected chi connectivity index (χ2v) is 10.2. The van der Waals surface area contributed by atoms with Gasteiger partial charge in [0.05, 0.1) is 16.4 Å². The fraction of sp³-hybridized carbons (Fsp3) is 0.600. The van der Waals surface area contributed by atoms with E-state index in [2.05, 4.69) is 5.32 Å². The summed E-state index contributed by atoms with van der Waals surface area (Å²) in [4.78, 5) is 23.7. The Morgan fingerprint density at radius 2 is 1.81 bits per heavy atom. The predicted octanol–water partition coefficient (Wildman–Crippen LogP) is 3.52. The molecule has 2 aliphatic rings. The van der Waals surface area contributed by atoms with Crippen LogP contribution in [-0.4, -0.2) is 30.7 Å². The molecule has 7 heteroatoms. The van der Waals surface area contributed by atoms with Crippen LogP contribution in [0.25, 0.3) is 0 Å². The number of hydrogen-bond donors (Lipinski definition) is 2. The molecule has 0 radical (unpaired) electrons. The number of carboxylic acids is 1. The van der Waals surface area contributed by atoms with Gasteiger partial charge < -0.3 is 10.4 Å². The Labute approximate surface area is 160 Å². The zero-order valence-corrected chi connectivity index (χ0v) is 16.3. The van der Waals surface area contributed by atoms with Crippen LogP contribution in [0, 0.1) is 5.41 Å². The Balaban J connectivity index is 1.63. The molecule has 2 aliphatic carbocycles. The molecule has 2 saturated carbocycles. The van der Waals surface area contributed by atoms with Crippen LogP contribution in [0.5, 0.6) is 0 Å². The molecule has 148 valence electrons. The van der Waals surface area contributed by atoms with E-state index in [9.17, 15) is 23.1 Å². The number of nitrogens with one attached hydrogen (secondary N) is 1. The van der Waals surface area contributed by atoms with Crippen LogP contribution in [0.3, 0.4) is 0 Å². The minimum Gasteiger partial charge on any atom is -0.481 e. The summed E-state index contributed by atoms with van der Waals surface area (Å²) in [6, 6.07) is 6.84. The number of amides is 1. The van der Waals surface area contributed by atoms with Crippen molar-refractivity contribution in [1.82, 2.24) is 0 Å². The van der Waals surface area contributed by atoms with Crippen molar-refractivity contribution in [2.75, 3.05) is 5.32 Å². The average Bonchev–Trinajstić information content (AvgIpc) is 2.58. The van der Waals surface area contributed by atoms with Gasteiger partial charge in [-0.25, -0.2) is 8.42 Å². The van der Waals surface area contributed by atoms with Gasteiger partial charge in [0, 0.05) is 12.1 Å². The number of rotatable bonds is 7. The Morgan fingerprint density at radius 3 is 2.41 bits per heavy atom. The van der Waals surface area contributed by atoms with Crippen LogP contribution in [0.4, 0.5) is 5.69 Å². The third-order valence-electron chi connectivity index (χ3n) is 5.90. The molecule has 0 spiro atoms. The molecule has 0 aliphatic heterocycles. The molecule has 3 rings (SSSR count). The van der Waals surface area contributed by atoms with Crippen LogP contribution in [0.1, 0.15) is 63.4 Å². The fourth-order valence-electron chi connectivity index (χ4n) is 4.10. The molecule has 0 aromatic heterocycles. The van der Waals surface area contributed by atoms with Gasteiger partial charge in [-0.3, -0.25) is 9.59 Å². The maximum Gasteiger partial charge on any atom is 0.310 e. The monoisotopic (exact) mass is 393 g/mol. The van der Waals surface area contributed by atoms with E-state index < -0.39 is 21.2 Å². The van der Waals surface area contributed by atoms with Gasteiger partial charge in [0.25, 0.3) is 0 Å². The highest BCUT2D eigenvalue weighted by Crippen LogP contribution is 2.44. The minimum absolute atomic E-state index is 0.0273. The predicted molar refractivity (Wildman–Crippen MR) is 103 cm³/mol. The maximum absolute atomic E-state index is 12.6. The van der Waals surface area contributed by atoms with E-state index in [0.29, 0.717) is 24.1 Å². The number of sulfone groups is 1. The van der Waals surface area contributed by atoms with Gasteiger partial charge in [-0.15, -0.1) is 0 Å². The maximum atomic E-state index is 12.6. The lowest BCUT2D eigenvalue weighted by Gasteiger charge is -2.36. The van der Waals surface area contributed by atoms with Crippen LogP contribution in [0.15, 0.2) is 24.3 Å². The lowest BCUT2D eigenvalue weighted by molar-refractivity contribution is -0.157.